The Labute approximate surface area is 143 Å². The molecule has 2 saturated heterocycles. The monoisotopic (exact) mass is 363 g/mol. The summed E-state index contributed by atoms with van der Waals surface area (Å²) in [6.45, 7) is 10.2. The Kier molecular flexibility index (Phi) is 5.22. The molecule has 2 N–H and O–H groups in total. The number of carboxylic acids is 1. The molecule has 0 atom stereocenters. The molecule has 0 unspecified atom stereocenters. The number of carboxylic acid groups (broad SMARTS) is 1. The number of alkyl halides is 3. The zero-order valence-corrected chi connectivity index (χ0v) is 14.4. The summed E-state index contributed by atoms with van der Waals surface area (Å²) in [5.41, 5.74) is 0.413. The van der Waals surface area contributed by atoms with Crippen LogP contribution in [0.15, 0.2) is 12.4 Å². The van der Waals surface area contributed by atoms with E-state index < -0.39 is 12.1 Å². The van der Waals surface area contributed by atoms with E-state index >= 15 is 0 Å². The SMILES string of the molecule is CC1(C)OB(c2cnn(C3CNC3)c2)OC1(C)C.O=C(O)C(F)(F)F. The second kappa shape index (κ2) is 6.62. The Bertz CT molecular complexity index is 613. The van der Waals surface area contributed by atoms with Gasteiger partial charge < -0.3 is 19.7 Å². The third-order valence-corrected chi connectivity index (χ3v) is 4.52. The fourth-order valence-electron chi connectivity index (χ4n) is 2.11. The number of aliphatic carboxylic acids is 1. The van der Waals surface area contributed by atoms with Crippen molar-refractivity contribution in [2.75, 3.05) is 13.1 Å². The Morgan fingerprint density at radius 3 is 2.16 bits per heavy atom. The van der Waals surface area contributed by atoms with Crippen molar-refractivity contribution >= 4 is 18.6 Å². The summed E-state index contributed by atoms with van der Waals surface area (Å²) in [6.07, 6.45) is -1.20. The van der Waals surface area contributed by atoms with Crippen LogP contribution < -0.4 is 10.8 Å². The van der Waals surface area contributed by atoms with E-state index in [-0.39, 0.29) is 18.3 Å². The highest BCUT2D eigenvalue weighted by Gasteiger charge is 2.52. The van der Waals surface area contributed by atoms with Gasteiger partial charge in [-0.25, -0.2) is 4.79 Å². The van der Waals surface area contributed by atoms with Crippen LogP contribution in [0.1, 0.15) is 33.7 Å². The van der Waals surface area contributed by atoms with Gasteiger partial charge >= 0.3 is 19.3 Å². The Morgan fingerprint density at radius 1 is 1.32 bits per heavy atom. The first-order chi connectivity index (χ1) is 11.3. The van der Waals surface area contributed by atoms with E-state index in [9.17, 15) is 13.2 Å². The fraction of sp³-hybridized carbons (Fsp3) is 0.714. The quantitative estimate of drug-likeness (QED) is 0.762. The number of halogens is 3. The molecule has 0 aromatic carbocycles. The Balaban J connectivity index is 0.000000277. The minimum atomic E-state index is -5.08. The number of hydrogen-bond donors (Lipinski definition) is 2. The van der Waals surface area contributed by atoms with Crippen LogP contribution in [-0.4, -0.2) is 58.4 Å². The first kappa shape index (κ1) is 19.7. The molecule has 2 aliphatic rings. The van der Waals surface area contributed by atoms with Crippen molar-refractivity contribution in [2.45, 2.75) is 51.1 Å². The number of nitrogens with zero attached hydrogens (tertiary/aromatic N) is 2. The van der Waals surface area contributed by atoms with Gasteiger partial charge in [-0.05, 0) is 27.7 Å². The number of hydrogen-bond acceptors (Lipinski definition) is 5. The average Bonchev–Trinajstić information content (AvgIpc) is 2.91. The van der Waals surface area contributed by atoms with Crippen LogP contribution in [0.4, 0.5) is 13.2 Å². The molecular weight excluding hydrogens is 342 g/mol. The van der Waals surface area contributed by atoms with Crippen LogP contribution in [0.3, 0.4) is 0 Å². The van der Waals surface area contributed by atoms with Gasteiger partial charge in [0, 0.05) is 30.9 Å². The molecule has 3 heterocycles. The maximum absolute atomic E-state index is 10.6. The second-order valence-electron chi connectivity index (χ2n) is 6.96. The van der Waals surface area contributed by atoms with Gasteiger partial charge in [0.1, 0.15) is 0 Å². The van der Waals surface area contributed by atoms with Crippen LogP contribution in [0.2, 0.25) is 0 Å². The lowest BCUT2D eigenvalue weighted by atomic mass is 9.82. The van der Waals surface area contributed by atoms with Gasteiger partial charge in [0.15, 0.2) is 0 Å². The molecule has 11 heteroatoms. The van der Waals surface area contributed by atoms with E-state index in [4.69, 9.17) is 19.2 Å². The molecule has 0 aliphatic carbocycles. The molecular formula is C14H21BF3N3O4. The highest BCUT2D eigenvalue weighted by molar-refractivity contribution is 6.62. The number of rotatable bonds is 2. The van der Waals surface area contributed by atoms with Gasteiger partial charge in [0.2, 0.25) is 0 Å². The van der Waals surface area contributed by atoms with E-state index in [1.165, 1.54) is 0 Å². The van der Waals surface area contributed by atoms with Crippen molar-refractivity contribution in [1.29, 1.82) is 0 Å². The largest absolute Gasteiger partial charge is 0.498 e. The normalized spacial score (nSPS) is 22.1. The van der Waals surface area contributed by atoms with Crippen molar-refractivity contribution in [3.05, 3.63) is 12.4 Å². The van der Waals surface area contributed by atoms with Crippen LogP contribution in [0.5, 0.6) is 0 Å². The molecule has 25 heavy (non-hydrogen) atoms. The average molecular weight is 363 g/mol. The summed E-state index contributed by atoms with van der Waals surface area (Å²) in [5, 5.41) is 14.8. The molecule has 0 spiro atoms. The summed E-state index contributed by atoms with van der Waals surface area (Å²) in [5.74, 6) is -2.76. The van der Waals surface area contributed by atoms with Gasteiger partial charge in [0.05, 0.1) is 17.2 Å². The fourth-order valence-corrected chi connectivity index (χ4v) is 2.11. The van der Waals surface area contributed by atoms with Crippen LogP contribution in [0, 0.1) is 0 Å². The van der Waals surface area contributed by atoms with Crippen molar-refractivity contribution in [2.24, 2.45) is 0 Å². The Hall–Kier alpha value is -1.59. The lowest BCUT2D eigenvalue weighted by Gasteiger charge is -2.32. The summed E-state index contributed by atoms with van der Waals surface area (Å²) in [6, 6.07) is 0.473. The maximum Gasteiger partial charge on any atom is 0.498 e. The van der Waals surface area contributed by atoms with Crippen LogP contribution in [0.25, 0.3) is 0 Å². The molecule has 1 aromatic heterocycles. The van der Waals surface area contributed by atoms with E-state index in [2.05, 4.69) is 38.1 Å². The van der Waals surface area contributed by atoms with E-state index in [1.54, 1.807) is 0 Å². The molecule has 2 fully saturated rings. The minimum absolute atomic E-state index is 0.294. The second-order valence-corrected chi connectivity index (χ2v) is 6.96. The first-order valence-electron chi connectivity index (χ1n) is 7.74. The summed E-state index contributed by atoms with van der Waals surface area (Å²) >= 11 is 0. The molecule has 0 saturated carbocycles. The van der Waals surface area contributed by atoms with Crippen molar-refractivity contribution in [3.8, 4) is 0 Å². The van der Waals surface area contributed by atoms with Gasteiger partial charge in [-0.2, -0.15) is 18.3 Å². The molecule has 140 valence electrons. The summed E-state index contributed by atoms with van der Waals surface area (Å²) in [7, 11) is -0.309. The number of nitrogens with one attached hydrogen (secondary N) is 1. The summed E-state index contributed by atoms with van der Waals surface area (Å²) < 4.78 is 45.7. The van der Waals surface area contributed by atoms with Crippen molar-refractivity contribution in [3.63, 3.8) is 0 Å². The molecule has 0 radical (unpaired) electrons. The zero-order valence-electron chi connectivity index (χ0n) is 14.4. The highest BCUT2D eigenvalue weighted by atomic mass is 19.4. The van der Waals surface area contributed by atoms with Crippen molar-refractivity contribution < 1.29 is 32.4 Å². The van der Waals surface area contributed by atoms with Gasteiger partial charge in [-0.15, -0.1) is 0 Å². The molecule has 0 bridgehead atoms. The van der Waals surface area contributed by atoms with E-state index in [0.717, 1.165) is 18.6 Å². The van der Waals surface area contributed by atoms with Crippen LogP contribution in [-0.2, 0) is 14.1 Å². The molecule has 2 aliphatic heterocycles. The Morgan fingerprint density at radius 2 is 1.80 bits per heavy atom. The summed E-state index contributed by atoms with van der Waals surface area (Å²) in [4.78, 5) is 8.90. The van der Waals surface area contributed by atoms with Crippen LogP contribution >= 0.6 is 0 Å². The third kappa shape index (κ3) is 4.34. The standard InChI is InChI=1S/C12H20BN3O2.C2HF3O2/c1-11(2)12(3,4)18-13(17-11)9-5-15-16(8-9)10-6-14-7-10;3-2(4,5)1(6)7/h5,8,10,14H,6-7H2,1-4H3;(H,6,7). The number of aromatic nitrogens is 2. The third-order valence-electron chi connectivity index (χ3n) is 4.52. The molecule has 3 rings (SSSR count). The van der Waals surface area contributed by atoms with Gasteiger partial charge in [-0.1, -0.05) is 0 Å². The van der Waals surface area contributed by atoms with Gasteiger partial charge in [-0.3, -0.25) is 4.68 Å². The van der Waals surface area contributed by atoms with Gasteiger partial charge in [0.25, 0.3) is 0 Å². The maximum atomic E-state index is 10.6. The lowest BCUT2D eigenvalue weighted by Crippen LogP contribution is -2.44. The molecule has 7 nitrogen and oxygen atoms in total. The first-order valence-corrected chi connectivity index (χ1v) is 7.74. The smallest absolute Gasteiger partial charge is 0.475 e. The minimum Gasteiger partial charge on any atom is -0.475 e. The van der Waals surface area contributed by atoms with Crippen molar-refractivity contribution in [1.82, 2.24) is 15.1 Å². The highest BCUT2D eigenvalue weighted by Crippen LogP contribution is 2.36. The topological polar surface area (TPSA) is 85.6 Å². The number of carbonyl (C=O) groups is 1. The predicted octanol–water partition coefficient (Wildman–Crippen LogP) is 0.960. The molecule has 1 aromatic rings. The zero-order chi connectivity index (χ0) is 19.0. The predicted molar refractivity (Wildman–Crippen MR) is 83.5 cm³/mol. The molecule has 0 amide bonds. The lowest BCUT2D eigenvalue weighted by molar-refractivity contribution is -0.192. The van der Waals surface area contributed by atoms with E-state index in [1.807, 2.05) is 17.1 Å². The van der Waals surface area contributed by atoms with E-state index in [0.29, 0.717) is 6.04 Å².